The molecule has 41 heavy (non-hydrogen) atoms. The van der Waals surface area contributed by atoms with Gasteiger partial charge in [-0.2, -0.15) is 0 Å². The molecule has 0 aromatic heterocycles. The number of rotatable bonds is 12. The quantitative estimate of drug-likeness (QED) is 0.127. The SMILES string of the molecule is [B]C(/C(C=NC)=C/N)N(c1ccc(SNC2(C)CC2)cc1C=O)C(C#CC1(N(C)C(=O)OC(C)(C)C)CC1)CN=C. The molecule has 11 heteroatoms. The fourth-order valence-electron chi connectivity index (χ4n) is 4.15. The van der Waals surface area contributed by atoms with Crippen molar-refractivity contribution in [3.8, 4) is 11.8 Å². The molecule has 2 radical (unpaired) electrons. The zero-order valence-corrected chi connectivity index (χ0v) is 25.8. The third-order valence-electron chi connectivity index (χ3n) is 7.07. The van der Waals surface area contributed by atoms with Crippen molar-refractivity contribution < 1.29 is 14.3 Å². The van der Waals surface area contributed by atoms with Crippen LogP contribution in [0.1, 0.15) is 63.7 Å². The Hall–Kier alpha value is -3.23. The summed E-state index contributed by atoms with van der Waals surface area (Å²) >= 11 is 1.50. The summed E-state index contributed by atoms with van der Waals surface area (Å²) < 4.78 is 9.04. The van der Waals surface area contributed by atoms with Crippen LogP contribution in [-0.4, -0.2) is 87.4 Å². The number of nitrogens with two attached hydrogens (primary N) is 1. The highest BCUT2D eigenvalue weighted by Gasteiger charge is 2.49. The predicted octanol–water partition coefficient (Wildman–Crippen LogP) is 3.96. The van der Waals surface area contributed by atoms with Crippen molar-refractivity contribution in [2.45, 2.75) is 86.9 Å². The Labute approximate surface area is 250 Å². The second-order valence-electron chi connectivity index (χ2n) is 11.8. The van der Waals surface area contributed by atoms with Gasteiger partial charge in [0, 0.05) is 47.9 Å². The van der Waals surface area contributed by atoms with Crippen LogP contribution >= 0.6 is 11.9 Å². The average Bonchev–Trinajstić information content (AvgIpc) is 3.86. The number of anilines is 1. The van der Waals surface area contributed by atoms with Crippen LogP contribution in [-0.2, 0) is 4.74 Å². The van der Waals surface area contributed by atoms with Crippen molar-refractivity contribution in [3.63, 3.8) is 0 Å². The van der Waals surface area contributed by atoms with E-state index in [1.54, 1.807) is 25.2 Å². The highest BCUT2D eigenvalue weighted by Crippen LogP contribution is 2.41. The molecule has 0 heterocycles. The van der Waals surface area contributed by atoms with E-state index in [1.807, 2.05) is 43.9 Å². The maximum absolute atomic E-state index is 12.8. The largest absolute Gasteiger partial charge is 0.444 e. The lowest BCUT2D eigenvalue weighted by molar-refractivity contribution is 0.0242. The van der Waals surface area contributed by atoms with E-state index in [9.17, 15) is 9.59 Å². The molecule has 0 aliphatic heterocycles. The minimum atomic E-state index is -0.802. The number of benzene rings is 1. The smallest absolute Gasteiger partial charge is 0.411 e. The topological polar surface area (TPSA) is 113 Å². The zero-order valence-electron chi connectivity index (χ0n) is 24.9. The summed E-state index contributed by atoms with van der Waals surface area (Å²) in [7, 11) is 10.1. The van der Waals surface area contributed by atoms with Crippen LogP contribution in [0.25, 0.3) is 0 Å². The molecule has 2 aliphatic carbocycles. The molecule has 2 unspecified atom stereocenters. The highest BCUT2D eigenvalue weighted by atomic mass is 32.2. The predicted molar refractivity (Wildman–Crippen MR) is 169 cm³/mol. The van der Waals surface area contributed by atoms with Crippen LogP contribution in [0.4, 0.5) is 10.5 Å². The molecule has 0 spiro atoms. The maximum Gasteiger partial charge on any atom is 0.411 e. The van der Waals surface area contributed by atoms with Crippen molar-refractivity contribution >= 4 is 50.8 Å². The third kappa shape index (κ3) is 8.40. The molecule has 1 amide bonds. The number of carbonyl (C=O) groups excluding carboxylic acids is 2. The Morgan fingerprint density at radius 1 is 1.34 bits per heavy atom. The Morgan fingerprint density at radius 2 is 2.02 bits per heavy atom. The average molecular weight is 577 g/mol. The first-order valence-corrected chi connectivity index (χ1v) is 14.5. The van der Waals surface area contributed by atoms with Gasteiger partial charge in [0.25, 0.3) is 0 Å². The first-order chi connectivity index (χ1) is 19.3. The molecule has 1 aromatic rings. The first kappa shape index (κ1) is 32.3. The summed E-state index contributed by atoms with van der Waals surface area (Å²) in [5, 5.41) is 0. The Bertz CT molecular complexity index is 1260. The lowest BCUT2D eigenvalue weighted by Gasteiger charge is -2.37. The highest BCUT2D eigenvalue weighted by molar-refractivity contribution is 7.97. The van der Waals surface area contributed by atoms with E-state index in [0.717, 1.165) is 24.0 Å². The lowest BCUT2D eigenvalue weighted by Crippen LogP contribution is -2.47. The summed E-state index contributed by atoms with van der Waals surface area (Å²) in [6.45, 7) is 11.5. The number of hydrogen-bond acceptors (Lipinski definition) is 9. The van der Waals surface area contributed by atoms with Crippen molar-refractivity contribution in [2.75, 3.05) is 25.5 Å². The van der Waals surface area contributed by atoms with Crippen molar-refractivity contribution in [3.05, 3.63) is 35.5 Å². The second kappa shape index (κ2) is 13.2. The third-order valence-corrected chi connectivity index (χ3v) is 8.16. The van der Waals surface area contributed by atoms with E-state index in [4.69, 9.17) is 18.3 Å². The van der Waals surface area contributed by atoms with Gasteiger partial charge in [0.05, 0.1) is 6.54 Å². The lowest BCUT2D eigenvalue weighted by atomic mass is 9.85. The van der Waals surface area contributed by atoms with Gasteiger partial charge in [-0.3, -0.25) is 24.4 Å². The second-order valence-corrected chi connectivity index (χ2v) is 12.7. The molecular formula is C30H41BN6O3S. The number of hydrogen-bond donors (Lipinski definition) is 2. The van der Waals surface area contributed by atoms with Crippen molar-refractivity contribution in [1.82, 2.24) is 9.62 Å². The Morgan fingerprint density at radius 3 is 2.54 bits per heavy atom. The molecule has 0 bridgehead atoms. The van der Waals surface area contributed by atoms with Crippen molar-refractivity contribution in [1.29, 1.82) is 0 Å². The first-order valence-electron chi connectivity index (χ1n) is 13.6. The van der Waals surface area contributed by atoms with E-state index < -0.39 is 29.2 Å². The number of nitrogens with one attached hydrogen (secondary N) is 1. The molecule has 2 aliphatic rings. The monoisotopic (exact) mass is 576 g/mol. The van der Waals surface area contributed by atoms with Gasteiger partial charge in [-0.1, -0.05) is 11.8 Å². The Kier molecular flexibility index (Phi) is 10.4. The summed E-state index contributed by atoms with van der Waals surface area (Å²) in [5.41, 5.74) is 6.34. The summed E-state index contributed by atoms with van der Waals surface area (Å²) in [5.74, 6) is 5.82. The molecule has 2 atom stereocenters. The number of nitrogens with zero attached hydrogens (tertiary/aromatic N) is 4. The van der Waals surface area contributed by atoms with Gasteiger partial charge in [0.2, 0.25) is 0 Å². The van der Waals surface area contributed by atoms with Crippen LogP contribution in [0.2, 0.25) is 0 Å². The van der Waals surface area contributed by atoms with E-state index >= 15 is 0 Å². The van der Waals surface area contributed by atoms with E-state index in [2.05, 4.69) is 40.2 Å². The van der Waals surface area contributed by atoms with Crippen LogP contribution in [0, 0.1) is 11.8 Å². The Balaban J connectivity index is 2.02. The van der Waals surface area contributed by atoms with E-state index in [1.165, 1.54) is 18.1 Å². The maximum atomic E-state index is 12.8. The molecular weight excluding hydrogens is 535 g/mol. The molecule has 2 saturated carbocycles. The molecule has 3 N–H and O–H groups in total. The summed E-state index contributed by atoms with van der Waals surface area (Å²) in [6, 6.07) is 5.04. The standard InChI is InChI=1S/C30H41BN6O3S/c1-28(2,3)40-27(39)36(7)30(14-15-30)11-10-23(19-34-6)37(26(31)22(17-32)18-33-5)25-9-8-24(16-21(25)20-38)41-35-29(4)12-13-29/h8-9,16-18,20,23,26,35H,6,12-15,19,32H2,1-5,7H3/b22-17+,33-18?. The van der Waals surface area contributed by atoms with E-state index in [0.29, 0.717) is 29.7 Å². The fraction of sp³-hybridized carbons (Fsp3) is 0.533. The van der Waals surface area contributed by atoms with Gasteiger partial charge in [-0.05, 0) is 102 Å². The summed E-state index contributed by atoms with van der Waals surface area (Å²) in [6.07, 6.45) is 7.00. The molecule has 2 fully saturated rings. The minimum absolute atomic E-state index is 0.126. The molecule has 0 saturated heterocycles. The number of amides is 1. The van der Waals surface area contributed by atoms with Gasteiger partial charge < -0.3 is 15.4 Å². The normalized spacial score (nSPS) is 18.4. The van der Waals surface area contributed by atoms with Gasteiger partial charge in [0.1, 0.15) is 25.0 Å². The van der Waals surface area contributed by atoms with Crippen LogP contribution in [0.3, 0.4) is 0 Å². The van der Waals surface area contributed by atoms with Crippen LogP contribution in [0.15, 0.2) is 44.9 Å². The number of aliphatic imine (C=N–C) groups is 2. The van der Waals surface area contributed by atoms with E-state index in [-0.39, 0.29) is 12.1 Å². The summed E-state index contributed by atoms with van der Waals surface area (Å²) in [4.78, 5) is 37.7. The van der Waals surface area contributed by atoms with Crippen LogP contribution in [0.5, 0.6) is 0 Å². The van der Waals surface area contributed by atoms with Gasteiger partial charge in [-0.15, -0.1) is 0 Å². The van der Waals surface area contributed by atoms with Crippen LogP contribution < -0.4 is 15.4 Å². The molecule has 1 aromatic carbocycles. The molecule has 9 nitrogen and oxygen atoms in total. The number of aldehydes is 1. The van der Waals surface area contributed by atoms with Gasteiger partial charge in [0.15, 0.2) is 6.29 Å². The minimum Gasteiger partial charge on any atom is -0.444 e. The molecule has 3 rings (SSSR count). The zero-order chi connectivity index (χ0) is 30.4. The number of carbonyl (C=O) groups is 2. The van der Waals surface area contributed by atoms with Crippen molar-refractivity contribution in [2.24, 2.45) is 15.7 Å². The van der Waals surface area contributed by atoms with Gasteiger partial charge in [-0.25, -0.2) is 4.79 Å². The molecule has 218 valence electrons. The number of ether oxygens (including phenoxy) is 1. The van der Waals surface area contributed by atoms with Gasteiger partial charge >= 0.3 is 6.09 Å². The fourth-order valence-corrected chi connectivity index (χ4v) is 5.04.